The minimum atomic E-state index is 0.391. The van der Waals surface area contributed by atoms with Crippen LogP contribution in [0.5, 0.6) is 0 Å². The van der Waals surface area contributed by atoms with Gasteiger partial charge in [-0.25, -0.2) is 0 Å². The van der Waals surface area contributed by atoms with Crippen molar-refractivity contribution >= 4 is 5.69 Å². The lowest BCUT2D eigenvalue weighted by Crippen LogP contribution is -2.41. The lowest BCUT2D eigenvalue weighted by molar-refractivity contribution is 0.372. The molecule has 1 rings (SSSR count). The van der Waals surface area contributed by atoms with Gasteiger partial charge in [0.05, 0.1) is 0 Å². The molecular formula is C18H33N3. The summed E-state index contributed by atoms with van der Waals surface area (Å²) in [5.41, 5.74) is 2.77. The molecule has 0 aliphatic carbocycles. The number of anilines is 1. The quantitative estimate of drug-likeness (QED) is 0.751. The Hall–Kier alpha value is -1.06. The van der Waals surface area contributed by atoms with Crippen molar-refractivity contribution in [2.75, 3.05) is 38.6 Å². The number of nitrogens with one attached hydrogen (secondary N) is 1. The van der Waals surface area contributed by atoms with Crippen LogP contribution in [0, 0.1) is 0 Å². The van der Waals surface area contributed by atoms with Crippen LogP contribution in [0.1, 0.15) is 45.7 Å². The molecule has 0 spiro atoms. The van der Waals surface area contributed by atoms with E-state index in [1.54, 1.807) is 0 Å². The van der Waals surface area contributed by atoms with Crippen LogP contribution < -0.4 is 10.2 Å². The SMILES string of the molecule is CCCNC(C)c1ccccc1N(CC)C(C)CN(C)C. The third-order valence-electron chi connectivity index (χ3n) is 3.92. The first-order valence-corrected chi connectivity index (χ1v) is 8.24. The molecule has 0 fully saturated rings. The van der Waals surface area contributed by atoms with Gasteiger partial charge in [-0.3, -0.25) is 0 Å². The van der Waals surface area contributed by atoms with E-state index in [9.17, 15) is 0 Å². The highest BCUT2D eigenvalue weighted by atomic mass is 15.2. The van der Waals surface area contributed by atoms with Gasteiger partial charge in [-0.05, 0) is 59.5 Å². The fourth-order valence-electron chi connectivity index (χ4n) is 2.93. The number of hydrogen-bond donors (Lipinski definition) is 1. The van der Waals surface area contributed by atoms with Crippen LogP contribution in [0.15, 0.2) is 24.3 Å². The van der Waals surface area contributed by atoms with Crippen LogP contribution in [0.2, 0.25) is 0 Å². The molecule has 2 atom stereocenters. The van der Waals surface area contributed by atoms with E-state index in [4.69, 9.17) is 0 Å². The highest BCUT2D eigenvalue weighted by molar-refractivity contribution is 5.55. The molecular weight excluding hydrogens is 258 g/mol. The zero-order valence-corrected chi connectivity index (χ0v) is 14.7. The maximum atomic E-state index is 3.61. The fourth-order valence-corrected chi connectivity index (χ4v) is 2.93. The monoisotopic (exact) mass is 291 g/mol. The van der Waals surface area contributed by atoms with Crippen LogP contribution in [0.4, 0.5) is 5.69 Å². The summed E-state index contributed by atoms with van der Waals surface area (Å²) in [7, 11) is 4.28. The van der Waals surface area contributed by atoms with Crippen LogP contribution in [0.25, 0.3) is 0 Å². The Labute approximate surface area is 131 Å². The van der Waals surface area contributed by atoms with Crippen molar-refractivity contribution in [2.24, 2.45) is 0 Å². The van der Waals surface area contributed by atoms with Crippen LogP contribution >= 0.6 is 0 Å². The summed E-state index contributed by atoms with van der Waals surface area (Å²) in [5.74, 6) is 0. The lowest BCUT2D eigenvalue weighted by Gasteiger charge is -2.34. The standard InChI is InChI=1S/C18H33N3/c1-7-13-19-16(4)17-11-9-10-12-18(17)21(8-2)15(3)14-20(5)6/h9-12,15-16,19H,7-8,13-14H2,1-6H3. The molecule has 0 aliphatic heterocycles. The second-order valence-corrected chi connectivity index (χ2v) is 6.13. The minimum Gasteiger partial charge on any atom is -0.368 e. The molecule has 3 nitrogen and oxygen atoms in total. The van der Waals surface area contributed by atoms with Gasteiger partial charge in [-0.15, -0.1) is 0 Å². The fraction of sp³-hybridized carbons (Fsp3) is 0.667. The molecule has 21 heavy (non-hydrogen) atoms. The molecule has 0 amide bonds. The number of hydrogen-bond acceptors (Lipinski definition) is 3. The smallest absolute Gasteiger partial charge is 0.0417 e. The van der Waals surface area contributed by atoms with Gasteiger partial charge < -0.3 is 15.1 Å². The van der Waals surface area contributed by atoms with Gasteiger partial charge in [-0.1, -0.05) is 25.1 Å². The Morgan fingerprint density at radius 1 is 1.10 bits per heavy atom. The van der Waals surface area contributed by atoms with E-state index in [1.807, 2.05) is 0 Å². The molecule has 120 valence electrons. The molecule has 1 aromatic rings. The maximum absolute atomic E-state index is 3.61. The van der Waals surface area contributed by atoms with E-state index < -0.39 is 0 Å². The maximum Gasteiger partial charge on any atom is 0.0417 e. The summed E-state index contributed by atoms with van der Waals surface area (Å²) in [6.07, 6.45) is 1.17. The predicted octanol–water partition coefficient (Wildman–Crippen LogP) is 3.52. The molecule has 1 N–H and O–H groups in total. The van der Waals surface area contributed by atoms with Crippen LogP contribution in [0.3, 0.4) is 0 Å². The van der Waals surface area contributed by atoms with Crippen molar-refractivity contribution < 1.29 is 0 Å². The largest absolute Gasteiger partial charge is 0.368 e. The number of rotatable bonds is 9. The average molecular weight is 291 g/mol. The van der Waals surface area contributed by atoms with Crippen molar-refractivity contribution in [2.45, 2.75) is 46.2 Å². The second kappa shape index (κ2) is 9.06. The molecule has 0 aliphatic rings. The average Bonchev–Trinajstić information content (AvgIpc) is 2.45. The number of likely N-dealkylation sites (N-methyl/N-ethyl adjacent to an activating group) is 2. The van der Waals surface area contributed by atoms with E-state index in [-0.39, 0.29) is 0 Å². The first-order chi connectivity index (χ1) is 10.0. The first-order valence-electron chi connectivity index (χ1n) is 8.24. The third-order valence-corrected chi connectivity index (χ3v) is 3.92. The summed E-state index contributed by atoms with van der Waals surface area (Å²) < 4.78 is 0. The van der Waals surface area contributed by atoms with Gasteiger partial charge in [0.25, 0.3) is 0 Å². The van der Waals surface area contributed by atoms with E-state index >= 15 is 0 Å². The Bertz CT molecular complexity index is 403. The molecule has 0 radical (unpaired) electrons. The zero-order valence-electron chi connectivity index (χ0n) is 14.7. The molecule has 0 saturated heterocycles. The summed E-state index contributed by atoms with van der Waals surface area (Å²) >= 11 is 0. The van der Waals surface area contributed by atoms with Crippen molar-refractivity contribution in [3.05, 3.63) is 29.8 Å². The Kier molecular flexibility index (Phi) is 7.76. The lowest BCUT2D eigenvalue weighted by atomic mass is 10.0. The van der Waals surface area contributed by atoms with Gasteiger partial charge in [0.2, 0.25) is 0 Å². The van der Waals surface area contributed by atoms with Crippen molar-refractivity contribution in [1.29, 1.82) is 0 Å². The predicted molar refractivity (Wildman–Crippen MR) is 94.2 cm³/mol. The highest BCUT2D eigenvalue weighted by Crippen LogP contribution is 2.27. The van der Waals surface area contributed by atoms with Gasteiger partial charge in [0.1, 0.15) is 0 Å². The molecule has 1 aromatic carbocycles. The van der Waals surface area contributed by atoms with E-state index in [0.29, 0.717) is 12.1 Å². The Morgan fingerprint density at radius 2 is 1.76 bits per heavy atom. The van der Waals surface area contributed by atoms with Crippen LogP contribution in [-0.4, -0.2) is 44.7 Å². The van der Waals surface area contributed by atoms with Gasteiger partial charge in [0.15, 0.2) is 0 Å². The molecule has 0 bridgehead atoms. The number of nitrogens with zero attached hydrogens (tertiary/aromatic N) is 2. The highest BCUT2D eigenvalue weighted by Gasteiger charge is 2.18. The van der Waals surface area contributed by atoms with Crippen molar-refractivity contribution in [3.8, 4) is 0 Å². The van der Waals surface area contributed by atoms with E-state index in [1.165, 1.54) is 17.7 Å². The second-order valence-electron chi connectivity index (χ2n) is 6.13. The molecule has 3 heteroatoms. The molecule has 0 aromatic heterocycles. The zero-order chi connectivity index (χ0) is 15.8. The van der Waals surface area contributed by atoms with Gasteiger partial charge in [0, 0.05) is 30.9 Å². The topological polar surface area (TPSA) is 18.5 Å². The summed E-state index contributed by atoms with van der Waals surface area (Å²) in [4.78, 5) is 4.77. The Morgan fingerprint density at radius 3 is 2.33 bits per heavy atom. The molecule has 0 heterocycles. The van der Waals surface area contributed by atoms with Crippen molar-refractivity contribution in [1.82, 2.24) is 10.2 Å². The normalized spacial score (nSPS) is 14.2. The van der Waals surface area contributed by atoms with Gasteiger partial charge >= 0.3 is 0 Å². The minimum absolute atomic E-state index is 0.391. The third kappa shape index (κ3) is 5.33. The molecule has 2 unspecified atom stereocenters. The van der Waals surface area contributed by atoms with Crippen LogP contribution in [-0.2, 0) is 0 Å². The Balaban J connectivity index is 2.98. The first kappa shape index (κ1) is 18.0. The number of benzene rings is 1. The summed E-state index contributed by atoms with van der Waals surface area (Å²) in [6.45, 7) is 12.2. The number of para-hydroxylation sites is 1. The van der Waals surface area contributed by atoms with E-state index in [2.05, 4.69) is 81.2 Å². The molecule has 0 saturated carbocycles. The van der Waals surface area contributed by atoms with Crippen molar-refractivity contribution in [3.63, 3.8) is 0 Å². The van der Waals surface area contributed by atoms with Gasteiger partial charge in [-0.2, -0.15) is 0 Å². The summed E-state index contributed by atoms with van der Waals surface area (Å²) in [5, 5.41) is 3.61. The summed E-state index contributed by atoms with van der Waals surface area (Å²) in [6, 6.07) is 9.71. The van der Waals surface area contributed by atoms with E-state index in [0.717, 1.165) is 19.6 Å².